The summed E-state index contributed by atoms with van der Waals surface area (Å²) in [5.41, 5.74) is 2.33. The number of carbonyl (C=O) groups excluding carboxylic acids is 2. The Kier molecular flexibility index (Phi) is 5.99. The second-order valence-electron chi connectivity index (χ2n) is 6.57. The standard InChI is InChI=1S/C22H22FN3O2/c1-3-12-24-21(27)14(2)25-22(28)18-13-20(15-8-10-16(23)11-9-15)26-19-7-5-4-6-17(18)19/h4-11,13-14H,3,12H2,1-2H3,(H,24,27)(H,25,28)/t14-/m1/s1. The summed E-state index contributed by atoms with van der Waals surface area (Å²) in [7, 11) is 0. The number of rotatable bonds is 6. The summed E-state index contributed by atoms with van der Waals surface area (Å²) < 4.78 is 13.2. The minimum absolute atomic E-state index is 0.229. The molecule has 0 aliphatic carbocycles. The Morgan fingerprint density at radius 3 is 2.54 bits per heavy atom. The predicted molar refractivity (Wildman–Crippen MR) is 107 cm³/mol. The van der Waals surface area contributed by atoms with Crippen molar-refractivity contribution in [2.45, 2.75) is 26.3 Å². The molecular weight excluding hydrogens is 357 g/mol. The molecule has 0 spiro atoms. The summed E-state index contributed by atoms with van der Waals surface area (Å²) in [6.45, 7) is 4.17. The first kappa shape index (κ1) is 19.5. The maximum Gasteiger partial charge on any atom is 0.252 e. The highest BCUT2D eigenvalue weighted by molar-refractivity contribution is 6.08. The highest BCUT2D eigenvalue weighted by atomic mass is 19.1. The number of para-hydroxylation sites is 1. The highest BCUT2D eigenvalue weighted by Crippen LogP contribution is 2.25. The zero-order valence-corrected chi connectivity index (χ0v) is 15.8. The van der Waals surface area contributed by atoms with Crippen molar-refractivity contribution in [3.05, 3.63) is 66.0 Å². The third-order valence-electron chi connectivity index (χ3n) is 4.39. The van der Waals surface area contributed by atoms with Gasteiger partial charge in [0.25, 0.3) is 5.91 Å². The number of pyridine rings is 1. The van der Waals surface area contributed by atoms with Gasteiger partial charge in [0.1, 0.15) is 11.9 Å². The first-order chi connectivity index (χ1) is 13.5. The van der Waals surface area contributed by atoms with Gasteiger partial charge in [-0.1, -0.05) is 25.1 Å². The normalized spacial score (nSPS) is 11.8. The molecule has 0 bridgehead atoms. The Morgan fingerprint density at radius 1 is 1.11 bits per heavy atom. The van der Waals surface area contributed by atoms with E-state index in [-0.39, 0.29) is 17.6 Å². The van der Waals surface area contributed by atoms with Crippen LogP contribution in [0.3, 0.4) is 0 Å². The van der Waals surface area contributed by atoms with E-state index in [0.717, 1.165) is 6.42 Å². The fourth-order valence-corrected chi connectivity index (χ4v) is 2.87. The fraction of sp³-hybridized carbons (Fsp3) is 0.227. The maximum absolute atomic E-state index is 13.2. The Hall–Kier alpha value is -3.28. The van der Waals surface area contributed by atoms with Gasteiger partial charge in [0.05, 0.1) is 16.8 Å². The molecule has 0 fully saturated rings. The van der Waals surface area contributed by atoms with Crippen LogP contribution < -0.4 is 10.6 Å². The lowest BCUT2D eigenvalue weighted by Gasteiger charge is -2.15. The first-order valence-electron chi connectivity index (χ1n) is 9.24. The minimum atomic E-state index is -0.666. The molecule has 2 N–H and O–H groups in total. The molecule has 1 heterocycles. The molecule has 2 amide bonds. The van der Waals surface area contributed by atoms with Gasteiger partial charge < -0.3 is 10.6 Å². The van der Waals surface area contributed by atoms with Crippen LogP contribution in [0, 0.1) is 5.82 Å². The average molecular weight is 379 g/mol. The zero-order chi connectivity index (χ0) is 20.1. The van der Waals surface area contributed by atoms with Crippen LogP contribution in [0.2, 0.25) is 0 Å². The van der Waals surface area contributed by atoms with Gasteiger partial charge >= 0.3 is 0 Å². The second-order valence-corrected chi connectivity index (χ2v) is 6.57. The van der Waals surface area contributed by atoms with Crippen LogP contribution >= 0.6 is 0 Å². The van der Waals surface area contributed by atoms with Gasteiger partial charge in [-0.2, -0.15) is 0 Å². The van der Waals surface area contributed by atoms with E-state index in [4.69, 9.17) is 0 Å². The number of aromatic nitrogens is 1. The average Bonchev–Trinajstić information content (AvgIpc) is 2.71. The van der Waals surface area contributed by atoms with Gasteiger partial charge in [0.2, 0.25) is 5.91 Å². The molecular formula is C22H22FN3O2. The summed E-state index contributed by atoms with van der Waals surface area (Å²) in [4.78, 5) is 29.6. The Morgan fingerprint density at radius 2 is 1.82 bits per heavy atom. The van der Waals surface area contributed by atoms with Gasteiger partial charge in [0, 0.05) is 17.5 Å². The number of benzene rings is 2. The molecule has 0 radical (unpaired) electrons. The van der Waals surface area contributed by atoms with Crippen molar-refractivity contribution in [1.29, 1.82) is 0 Å². The maximum atomic E-state index is 13.2. The number of amides is 2. The third-order valence-corrected chi connectivity index (χ3v) is 4.39. The van der Waals surface area contributed by atoms with Crippen molar-refractivity contribution >= 4 is 22.7 Å². The monoisotopic (exact) mass is 379 g/mol. The van der Waals surface area contributed by atoms with Crippen molar-refractivity contribution in [2.24, 2.45) is 0 Å². The molecule has 28 heavy (non-hydrogen) atoms. The number of hydrogen-bond acceptors (Lipinski definition) is 3. The zero-order valence-electron chi connectivity index (χ0n) is 15.8. The van der Waals surface area contributed by atoms with Crippen LogP contribution in [0.25, 0.3) is 22.2 Å². The summed E-state index contributed by atoms with van der Waals surface area (Å²) in [5, 5.41) is 6.20. The molecule has 0 aliphatic heterocycles. The molecule has 1 aromatic heterocycles. The van der Waals surface area contributed by atoms with Crippen molar-refractivity contribution in [3.8, 4) is 11.3 Å². The molecule has 1 atom stereocenters. The van der Waals surface area contributed by atoms with E-state index in [9.17, 15) is 14.0 Å². The van der Waals surface area contributed by atoms with Gasteiger partial charge in [-0.3, -0.25) is 9.59 Å². The van der Waals surface area contributed by atoms with Gasteiger partial charge in [-0.15, -0.1) is 0 Å². The number of nitrogens with one attached hydrogen (secondary N) is 2. The molecule has 0 saturated carbocycles. The van der Waals surface area contributed by atoms with Gasteiger partial charge in [-0.05, 0) is 49.7 Å². The van der Waals surface area contributed by atoms with Crippen LogP contribution in [0.4, 0.5) is 4.39 Å². The van der Waals surface area contributed by atoms with E-state index in [1.54, 1.807) is 25.1 Å². The quantitative estimate of drug-likeness (QED) is 0.686. The molecule has 2 aromatic carbocycles. The van der Waals surface area contributed by atoms with Crippen molar-refractivity contribution < 1.29 is 14.0 Å². The summed E-state index contributed by atoms with van der Waals surface area (Å²) in [6.07, 6.45) is 0.822. The number of fused-ring (bicyclic) bond motifs is 1. The largest absolute Gasteiger partial charge is 0.354 e. The van der Waals surface area contributed by atoms with Crippen LogP contribution in [-0.4, -0.2) is 29.4 Å². The first-order valence-corrected chi connectivity index (χ1v) is 9.24. The molecule has 3 rings (SSSR count). The van der Waals surface area contributed by atoms with E-state index in [1.807, 2.05) is 31.2 Å². The molecule has 0 saturated heterocycles. The SMILES string of the molecule is CCCNC(=O)[C@@H](C)NC(=O)c1cc(-c2ccc(F)cc2)nc2ccccc12. The van der Waals surface area contributed by atoms with Crippen molar-refractivity contribution in [1.82, 2.24) is 15.6 Å². The number of nitrogens with zero attached hydrogens (tertiary/aromatic N) is 1. The fourth-order valence-electron chi connectivity index (χ4n) is 2.87. The Bertz CT molecular complexity index is 1000. The third kappa shape index (κ3) is 4.34. The molecule has 144 valence electrons. The van der Waals surface area contributed by atoms with Crippen LogP contribution in [0.5, 0.6) is 0 Å². The lowest BCUT2D eigenvalue weighted by atomic mass is 10.0. The molecule has 0 aliphatic rings. The number of hydrogen-bond donors (Lipinski definition) is 2. The van der Waals surface area contributed by atoms with Crippen LogP contribution in [0.15, 0.2) is 54.6 Å². The predicted octanol–water partition coefficient (Wildman–Crippen LogP) is 3.69. The minimum Gasteiger partial charge on any atom is -0.354 e. The van der Waals surface area contributed by atoms with E-state index >= 15 is 0 Å². The molecule has 3 aromatic rings. The van der Waals surface area contributed by atoms with E-state index in [2.05, 4.69) is 15.6 Å². The Labute approximate surface area is 163 Å². The van der Waals surface area contributed by atoms with Crippen LogP contribution in [-0.2, 0) is 4.79 Å². The topological polar surface area (TPSA) is 71.1 Å². The van der Waals surface area contributed by atoms with E-state index < -0.39 is 6.04 Å². The second kappa shape index (κ2) is 8.61. The Balaban J connectivity index is 1.96. The van der Waals surface area contributed by atoms with E-state index in [0.29, 0.717) is 34.3 Å². The summed E-state index contributed by atoms with van der Waals surface area (Å²) >= 11 is 0. The van der Waals surface area contributed by atoms with Crippen molar-refractivity contribution in [3.63, 3.8) is 0 Å². The van der Waals surface area contributed by atoms with Crippen molar-refractivity contribution in [2.75, 3.05) is 6.54 Å². The summed E-state index contributed by atoms with van der Waals surface area (Å²) in [6, 6.07) is 14.2. The van der Waals surface area contributed by atoms with Gasteiger partial charge in [0.15, 0.2) is 0 Å². The van der Waals surface area contributed by atoms with E-state index in [1.165, 1.54) is 12.1 Å². The number of carbonyl (C=O) groups is 2. The molecule has 6 heteroatoms. The molecule has 0 unspecified atom stereocenters. The lowest BCUT2D eigenvalue weighted by Crippen LogP contribution is -2.45. The lowest BCUT2D eigenvalue weighted by molar-refractivity contribution is -0.122. The smallest absolute Gasteiger partial charge is 0.252 e. The highest BCUT2D eigenvalue weighted by Gasteiger charge is 2.19. The molecule has 5 nitrogen and oxygen atoms in total. The van der Waals surface area contributed by atoms with Gasteiger partial charge in [-0.25, -0.2) is 9.37 Å². The number of halogens is 1. The van der Waals surface area contributed by atoms with Crippen LogP contribution in [0.1, 0.15) is 30.6 Å². The summed E-state index contributed by atoms with van der Waals surface area (Å²) in [5.74, 6) is -0.928.